The molecule has 2 rings (SSSR count). The molecular weight excluding hydrogens is 290 g/mol. The van der Waals surface area contributed by atoms with Crippen LogP contribution in [0.25, 0.3) is 0 Å². The third kappa shape index (κ3) is 3.17. The van der Waals surface area contributed by atoms with Crippen molar-refractivity contribution in [2.45, 2.75) is 11.5 Å². The number of aliphatic hydroxyl groups is 1. The molecule has 0 aliphatic carbocycles. The van der Waals surface area contributed by atoms with Gasteiger partial charge in [0.1, 0.15) is 5.75 Å². The molecule has 5 nitrogen and oxygen atoms in total. The maximum atomic E-state index is 12.6. The van der Waals surface area contributed by atoms with Crippen LogP contribution in [0.1, 0.15) is 5.56 Å². The minimum absolute atomic E-state index is 0.146. The average Bonchev–Trinajstić information content (AvgIpc) is 2.54. The van der Waals surface area contributed by atoms with Crippen LogP contribution in [-0.2, 0) is 16.6 Å². The fraction of sp³-hybridized carbons (Fsp3) is 0.200. The van der Waals surface area contributed by atoms with Gasteiger partial charge in [-0.3, -0.25) is 4.31 Å². The van der Waals surface area contributed by atoms with Gasteiger partial charge in [0.2, 0.25) is 0 Å². The van der Waals surface area contributed by atoms with Crippen molar-refractivity contribution in [3.63, 3.8) is 0 Å². The number of hydrogen-bond donors (Lipinski definition) is 1. The summed E-state index contributed by atoms with van der Waals surface area (Å²) in [5.74, 6) is 0.659. The summed E-state index contributed by atoms with van der Waals surface area (Å²) in [5, 5.41) is 9.12. The molecule has 2 aromatic rings. The molecule has 0 spiro atoms. The van der Waals surface area contributed by atoms with E-state index in [9.17, 15) is 8.42 Å². The largest absolute Gasteiger partial charge is 0.497 e. The van der Waals surface area contributed by atoms with E-state index in [1.807, 2.05) is 0 Å². The summed E-state index contributed by atoms with van der Waals surface area (Å²) >= 11 is 0. The Morgan fingerprint density at radius 1 is 1.14 bits per heavy atom. The van der Waals surface area contributed by atoms with Gasteiger partial charge in [-0.25, -0.2) is 8.42 Å². The van der Waals surface area contributed by atoms with Crippen molar-refractivity contribution in [1.82, 2.24) is 0 Å². The summed E-state index contributed by atoms with van der Waals surface area (Å²) in [7, 11) is -0.623. The molecule has 0 atom stereocenters. The molecule has 0 heterocycles. The molecule has 0 saturated carbocycles. The van der Waals surface area contributed by atoms with Crippen LogP contribution in [0.2, 0.25) is 0 Å². The third-order valence-corrected chi connectivity index (χ3v) is 4.96. The molecule has 0 saturated heterocycles. The second kappa shape index (κ2) is 6.15. The predicted octanol–water partition coefficient (Wildman–Crippen LogP) is 2.01. The zero-order valence-electron chi connectivity index (χ0n) is 11.9. The van der Waals surface area contributed by atoms with Gasteiger partial charge in [0.15, 0.2) is 0 Å². The molecule has 0 aliphatic rings. The standard InChI is InChI=1S/C15H17NO4S/c1-16(13-6-8-14(20-2)9-7-13)21(18,19)15-5-3-4-12(10-15)11-17/h3-10,17H,11H2,1-2H3. The average molecular weight is 307 g/mol. The highest BCUT2D eigenvalue weighted by molar-refractivity contribution is 7.92. The zero-order chi connectivity index (χ0) is 15.5. The van der Waals surface area contributed by atoms with Gasteiger partial charge in [-0.05, 0) is 42.0 Å². The first-order valence-corrected chi connectivity index (χ1v) is 7.76. The van der Waals surface area contributed by atoms with E-state index in [4.69, 9.17) is 9.84 Å². The minimum Gasteiger partial charge on any atom is -0.497 e. The van der Waals surface area contributed by atoms with Gasteiger partial charge in [-0.2, -0.15) is 0 Å². The lowest BCUT2D eigenvalue weighted by atomic mass is 10.2. The number of nitrogens with zero attached hydrogens (tertiary/aromatic N) is 1. The van der Waals surface area contributed by atoms with Crippen LogP contribution in [-0.4, -0.2) is 27.7 Å². The van der Waals surface area contributed by atoms with Gasteiger partial charge in [-0.15, -0.1) is 0 Å². The Hall–Kier alpha value is -2.05. The van der Waals surface area contributed by atoms with Gasteiger partial charge in [0.25, 0.3) is 10.0 Å². The summed E-state index contributed by atoms with van der Waals surface area (Å²) in [6, 6.07) is 13.0. The lowest BCUT2D eigenvalue weighted by Crippen LogP contribution is -2.26. The van der Waals surface area contributed by atoms with Gasteiger partial charge in [0, 0.05) is 7.05 Å². The Balaban J connectivity index is 2.37. The first kappa shape index (κ1) is 15.3. The van der Waals surface area contributed by atoms with Crippen molar-refractivity contribution < 1.29 is 18.3 Å². The molecule has 0 radical (unpaired) electrons. The molecule has 0 bridgehead atoms. The maximum absolute atomic E-state index is 12.6. The van der Waals surface area contributed by atoms with Crippen LogP contribution >= 0.6 is 0 Å². The number of rotatable bonds is 5. The lowest BCUT2D eigenvalue weighted by Gasteiger charge is -2.20. The van der Waals surface area contributed by atoms with E-state index in [1.54, 1.807) is 43.5 Å². The SMILES string of the molecule is COc1ccc(N(C)S(=O)(=O)c2cccc(CO)c2)cc1. The Morgan fingerprint density at radius 2 is 1.81 bits per heavy atom. The smallest absolute Gasteiger partial charge is 0.264 e. The molecule has 0 aromatic heterocycles. The van der Waals surface area contributed by atoms with Gasteiger partial charge in [0.05, 0.1) is 24.3 Å². The fourth-order valence-electron chi connectivity index (χ4n) is 1.89. The van der Waals surface area contributed by atoms with Crippen LogP contribution in [0.4, 0.5) is 5.69 Å². The second-order valence-corrected chi connectivity index (χ2v) is 6.45. The Labute approximate surface area is 124 Å². The molecule has 112 valence electrons. The topological polar surface area (TPSA) is 66.8 Å². The number of aliphatic hydroxyl groups excluding tert-OH is 1. The van der Waals surface area contributed by atoms with E-state index in [0.29, 0.717) is 17.0 Å². The number of benzene rings is 2. The van der Waals surface area contributed by atoms with Crippen molar-refractivity contribution in [2.24, 2.45) is 0 Å². The van der Waals surface area contributed by atoms with Crippen LogP contribution in [0.5, 0.6) is 5.75 Å². The molecule has 1 N–H and O–H groups in total. The normalized spacial score (nSPS) is 11.2. The van der Waals surface area contributed by atoms with E-state index in [1.165, 1.54) is 23.5 Å². The highest BCUT2D eigenvalue weighted by Gasteiger charge is 2.21. The highest BCUT2D eigenvalue weighted by atomic mass is 32.2. The molecule has 0 unspecified atom stereocenters. The zero-order valence-corrected chi connectivity index (χ0v) is 12.7. The van der Waals surface area contributed by atoms with Crippen molar-refractivity contribution in [3.05, 3.63) is 54.1 Å². The van der Waals surface area contributed by atoms with Gasteiger partial charge in [-0.1, -0.05) is 12.1 Å². The third-order valence-electron chi connectivity index (χ3n) is 3.18. The number of methoxy groups -OCH3 is 1. The van der Waals surface area contributed by atoms with Crippen molar-refractivity contribution in [1.29, 1.82) is 0 Å². The Morgan fingerprint density at radius 3 is 2.38 bits per heavy atom. The number of ether oxygens (including phenoxy) is 1. The summed E-state index contributed by atoms with van der Waals surface area (Å²) in [5.41, 5.74) is 1.09. The highest BCUT2D eigenvalue weighted by Crippen LogP contribution is 2.24. The van der Waals surface area contributed by atoms with Crippen molar-refractivity contribution in [3.8, 4) is 5.75 Å². The second-order valence-electron chi connectivity index (χ2n) is 4.48. The van der Waals surface area contributed by atoms with Crippen molar-refractivity contribution in [2.75, 3.05) is 18.5 Å². The van der Waals surface area contributed by atoms with E-state index in [2.05, 4.69) is 0 Å². The quantitative estimate of drug-likeness (QED) is 0.917. The summed E-state index contributed by atoms with van der Waals surface area (Å²) in [4.78, 5) is 0.146. The summed E-state index contributed by atoms with van der Waals surface area (Å²) in [6.07, 6.45) is 0. The monoisotopic (exact) mass is 307 g/mol. The Kier molecular flexibility index (Phi) is 4.50. The van der Waals surface area contributed by atoms with Gasteiger partial charge >= 0.3 is 0 Å². The predicted molar refractivity (Wildman–Crippen MR) is 80.9 cm³/mol. The number of sulfonamides is 1. The Bertz CT molecular complexity index is 711. The van der Waals surface area contributed by atoms with Crippen LogP contribution in [0.3, 0.4) is 0 Å². The van der Waals surface area contributed by atoms with E-state index in [0.717, 1.165) is 0 Å². The van der Waals surface area contributed by atoms with Crippen molar-refractivity contribution >= 4 is 15.7 Å². The molecule has 21 heavy (non-hydrogen) atoms. The van der Waals surface area contributed by atoms with Gasteiger partial charge < -0.3 is 9.84 Å². The molecular formula is C15H17NO4S. The fourth-order valence-corrected chi connectivity index (χ4v) is 3.16. The molecule has 0 amide bonds. The molecule has 0 fully saturated rings. The minimum atomic E-state index is -3.66. The number of hydrogen-bond acceptors (Lipinski definition) is 4. The van der Waals surface area contributed by atoms with E-state index < -0.39 is 10.0 Å². The maximum Gasteiger partial charge on any atom is 0.264 e. The lowest BCUT2D eigenvalue weighted by molar-refractivity contribution is 0.281. The number of anilines is 1. The van der Waals surface area contributed by atoms with Crippen LogP contribution in [0.15, 0.2) is 53.4 Å². The van der Waals surface area contributed by atoms with Crippen LogP contribution in [0, 0.1) is 0 Å². The molecule has 2 aromatic carbocycles. The van der Waals surface area contributed by atoms with Crippen LogP contribution < -0.4 is 9.04 Å². The molecule has 6 heteroatoms. The summed E-state index contributed by atoms with van der Waals surface area (Å²) in [6.45, 7) is -0.199. The van der Waals surface area contributed by atoms with E-state index >= 15 is 0 Å². The molecule has 0 aliphatic heterocycles. The first-order chi connectivity index (χ1) is 9.98. The van der Waals surface area contributed by atoms with E-state index in [-0.39, 0.29) is 11.5 Å². The first-order valence-electron chi connectivity index (χ1n) is 6.32. The summed E-state index contributed by atoms with van der Waals surface area (Å²) < 4.78 is 31.4.